The zero-order chi connectivity index (χ0) is 29.0. The van der Waals surface area contributed by atoms with Crippen LogP contribution in [0.4, 0.5) is 36.8 Å². The van der Waals surface area contributed by atoms with Crippen LogP contribution in [0.3, 0.4) is 0 Å². The topological polar surface area (TPSA) is 134 Å². The predicted octanol–water partition coefficient (Wildman–Crippen LogP) is 2.62. The number of anilines is 1. The maximum Gasteiger partial charge on any atom is 0.573 e. The van der Waals surface area contributed by atoms with Crippen molar-refractivity contribution in [3.8, 4) is 5.75 Å². The summed E-state index contributed by atoms with van der Waals surface area (Å²) in [6.07, 6.45) is -8.58. The number of hydrogen-bond acceptors (Lipinski definition) is 6. The highest BCUT2D eigenvalue weighted by Crippen LogP contribution is 2.25. The molecule has 0 radical (unpaired) electrons. The smallest absolute Gasteiger partial charge is 0.406 e. The van der Waals surface area contributed by atoms with Crippen molar-refractivity contribution < 1.29 is 53.9 Å². The molecule has 1 atom stereocenters. The molecule has 1 heterocycles. The molecule has 1 aliphatic rings. The molecule has 3 rings (SSSR count). The molecule has 2 aromatic carbocycles. The van der Waals surface area contributed by atoms with Crippen molar-refractivity contribution in [3.05, 3.63) is 59.4 Å². The molecule has 1 saturated heterocycles. The standard InChI is InChI=1S/C22H20F6N4O6S/c23-17-10-13(19(33)30-31-20(34)18(24)25)2-1-12(17)9-15-11-39(36,37)8-7-32(15)21(35)29-14-3-5-16(6-4-14)38-22(26,27)28/h1-6,10,15,18H,7-9,11H2,(H,29,35)(H,30,33)(H,31,34). The van der Waals surface area contributed by atoms with E-state index in [1.165, 1.54) is 5.43 Å². The third-order valence-corrected chi connectivity index (χ3v) is 7.10. The van der Waals surface area contributed by atoms with Crippen LogP contribution in [-0.4, -0.2) is 68.0 Å². The van der Waals surface area contributed by atoms with E-state index in [0.29, 0.717) is 0 Å². The SMILES string of the molecule is O=C(NNC(=O)C(F)F)c1ccc(CC2CS(=O)(=O)CCN2C(=O)Nc2ccc(OC(F)(F)F)cc2)c(F)c1. The first-order valence-corrected chi connectivity index (χ1v) is 12.8. The van der Waals surface area contributed by atoms with Crippen LogP contribution in [0.25, 0.3) is 0 Å². The number of alkyl halides is 5. The van der Waals surface area contributed by atoms with Gasteiger partial charge in [-0.2, -0.15) is 8.78 Å². The lowest BCUT2D eigenvalue weighted by atomic mass is 10.0. The summed E-state index contributed by atoms with van der Waals surface area (Å²) in [6.45, 7) is -0.250. The molecule has 1 fully saturated rings. The van der Waals surface area contributed by atoms with Crippen molar-refractivity contribution in [1.29, 1.82) is 0 Å². The molecule has 1 aliphatic heterocycles. The average molecular weight is 582 g/mol. The monoisotopic (exact) mass is 582 g/mol. The number of hydrazine groups is 1. The number of benzene rings is 2. The largest absolute Gasteiger partial charge is 0.573 e. The van der Waals surface area contributed by atoms with Gasteiger partial charge in [0, 0.05) is 17.8 Å². The summed E-state index contributed by atoms with van der Waals surface area (Å²) < 4.78 is 104. The molecule has 0 aromatic heterocycles. The number of rotatable bonds is 6. The first-order valence-electron chi connectivity index (χ1n) is 10.9. The fourth-order valence-corrected chi connectivity index (χ4v) is 5.14. The Kier molecular flexibility index (Phi) is 8.93. The van der Waals surface area contributed by atoms with E-state index in [1.54, 1.807) is 5.43 Å². The fraction of sp³-hybridized carbons (Fsp3) is 0.318. The predicted molar refractivity (Wildman–Crippen MR) is 123 cm³/mol. The molecule has 0 spiro atoms. The Hall–Kier alpha value is -4.02. The molecule has 212 valence electrons. The van der Waals surface area contributed by atoms with Crippen molar-refractivity contribution in [2.75, 3.05) is 23.4 Å². The van der Waals surface area contributed by atoms with Gasteiger partial charge in [-0.05, 0) is 48.4 Å². The number of hydrogen-bond donors (Lipinski definition) is 3. The number of urea groups is 1. The van der Waals surface area contributed by atoms with Gasteiger partial charge in [0.25, 0.3) is 5.91 Å². The Labute approximate surface area is 217 Å². The Morgan fingerprint density at radius 1 is 1.05 bits per heavy atom. The van der Waals surface area contributed by atoms with Crippen LogP contribution in [0.2, 0.25) is 0 Å². The lowest BCUT2D eigenvalue weighted by Crippen LogP contribution is -2.53. The summed E-state index contributed by atoms with van der Waals surface area (Å²) in [5, 5.41) is 2.44. The molecule has 0 aliphatic carbocycles. The van der Waals surface area contributed by atoms with Crippen molar-refractivity contribution in [1.82, 2.24) is 15.8 Å². The summed E-state index contributed by atoms with van der Waals surface area (Å²) in [5.74, 6) is -5.25. The molecule has 0 bridgehead atoms. The number of halogens is 6. The summed E-state index contributed by atoms with van der Waals surface area (Å²) in [4.78, 5) is 36.8. The highest BCUT2D eigenvalue weighted by atomic mass is 32.2. The van der Waals surface area contributed by atoms with Crippen LogP contribution in [0.5, 0.6) is 5.75 Å². The van der Waals surface area contributed by atoms with E-state index in [0.717, 1.165) is 47.4 Å². The molecule has 39 heavy (non-hydrogen) atoms. The molecule has 0 saturated carbocycles. The minimum absolute atomic E-state index is 0.0725. The van der Waals surface area contributed by atoms with E-state index in [9.17, 15) is 49.1 Å². The average Bonchev–Trinajstić information content (AvgIpc) is 2.83. The van der Waals surface area contributed by atoms with E-state index >= 15 is 0 Å². The number of ether oxygens (including phenoxy) is 1. The number of carbonyl (C=O) groups is 3. The summed E-state index contributed by atoms with van der Waals surface area (Å²) >= 11 is 0. The van der Waals surface area contributed by atoms with Crippen molar-refractivity contribution >= 4 is 33.4 Å². The second-order valence-corrected chi connectivity index (χ2v) is 10.4. The van der Waals surface area contributed by atoms with E-state index in [4.69, 9.17) is 0 Å². The van der Waals surface area contributed by atoms with Crippen molar-refractivity contribution in [2.45, 2.75) is 25.3 Å². The number of carbonyl (C=O) groups excluding carboxylic acids is 3. The minimum atomic E-state index is -4.90. The molecular weight excluding hydrogens is 562 g/mol. The van der Waals surface area contributed by atoms with Gasteiger partial charge in [-0.15, -0.1) is 13.2 Å². The van der Waals surface area contributed by atoms with Crippen molar-refractivity contribution in [3.63, 3.8) is 0 Å². The third-order valence-electron chi connectivity index (χ3n) is 5.40. The van der Waals surface area contributed by atoms with Crippen LogP contribution < -0.4 is 20.9 Å². The van der Waals surface area contributed by atoms with E-state index in [-0.39, 0.29) is 35.5 Å². The Balaban J connectivity index is 1.71. The molecular formula is C22H20F6N4O6S. The van der Waals surface area contributed by atoms with Gasteiger partial charge in [-0.1, -0.05) is 6.07 Å². The van der Waals surface area contributed by atoms with Crippen molar-refractivity contribution in [2.24, 2.45) is 0 Å². The van der Waals surface area contributed by atoms with Crippen LogP contribution in [0.15, 0.2) is 42.5 Å². The van der Waals surface area contributed by atoms with Gasteiger partial charge in [0.1, 0.15) is 11.6 Å². The van der Waals surface area contributed by atoms with E-state index < -0.39 is 63.8 Å². The summed E-state index contributed by atoms with van der Waals surface area (Å²) in [6, 6.07) is 5.36. The van der Waals surface area contributed by atoms with E-state index in [2.05, 4.69) is 10.1 Å². The maximum absolute atomic E-state index is 14.8. The second-order valence-electron chi connectivity index (χ2n) is 8.22. The fourth-order valence-electron chi connectivity index (χ4n) is 3.61. The summed E-state index contributed by atoms with van der Waals surface area (Å²) in [5.41, 5.74) is 2.82. The quantitative estimate of drug-likeness (QED) is 0.354. The number of nitrogens with zero attached hydrogens (tertiary/aromatic N) is 1. The molecule has 10 nitrogen and oxygen atoms in total. The van der Waals surface area contributed by atoms with Gasteiger partial charge in [-0.3, -0.25) is 20.4 Å². The lowest BCUT2D eigenvalue weighted by Gasteiger charge is -2.35. The Bertz CT molecular complexity index is 1340. The Morgan fingerprint density at radius 3 is 2.31 bits per heavy atom. The maximum atomic E-state index is 14.8. The van der Waals surface area contributed by atoms with Gasteiger partial charge in [-0.25, -0.2) is 17.6 Å². The van der Waals surface area contributed by atoms with Gasteiger partial charge in [0.05, 0.1) is 17.5 Å². The summed E-state index contributed by atoms with van der Waals surface area (Å²) in [7, 11) is -3.60. The van der Waals surface area contributed by atoms with Crippen LogP contribution in [-0.2, 0) is 21.1 Å². The van der Waals surface area contributed by atoms with Crippen LogP contribution in [0.1, 0.15) is 15.9 Å². The third kappa shape index (κ3) is 8.49. The molecule has 17 heteroatoms. The minimum Gasteiger partial charge on any atom is -0.406 e. The zero-order valence-corrected chi connectivity index (χ0v) is 20.4. The highest BCUT2D eigenvalue weighted by Gasteiger charge is 2.35. The first kappa shape index (κ1) is 29.5. The molecule has 2 aromatic rings. The second kappa shape index (κ2) is 11.8. The number of sulfone groups is 1. The molecule has 1 unspecified atom stereocenters. The number of amides is 4. The van der Waals surface area contributed by atoms with Crippen LogP contribution >= 0.6 is 0 Å². The van der Waals surface area contributed by atoms with E-state index in [1.807, 2.05) is 0 Å². The normalized spacial score (nSPS) is 16.9. The number of nitrogens with one attached hydrogen (secondary N) is 3. The van der Waals surface area contributed by atoms with Crippen LogP contribution in [0, 0.1) is 5.82 Å². The lowest BCUT2D eigenvalue weighted by molar-refractivity contribution is -0.274. The molecule has 3 N–H and O–H groups in total. The molecule has 4 amide bonds. The van der Waals surface area contributed by atoms with Gasteiger partial charge >= 0.3 is 24.7 Å². The first-order chi connectivity index (χ1) is 18.1. The highest BCUT2D eigenvalue weighted by molar-refractivity contribution is 7.91. The zero-order valence-electron chi connectivity index (χ0n) is 19.6. The Morgan fingerprint density at radius 2 is 1.72 bits per heavy atom. The van der Waals surface area contributed by atoms with Gasteiger partial charge in [0.15, 0.2) is 9.84 Å². The van der Waals surface area contributed by atoms with Gasteiger partial charge < -0.3 is 15.0 Å². The van der Waals surface area contributed by atoms with Gasteiger partial charge in [0.2, 0.25) is 0 Å².